The van der Waals surface area contributed by atoms with Crippen molar-refractivity contribution in [3.05, 3.63) is 41.6 Å². The zero-order valence-electron chi connectivity index (χ0n) is 15.7. The maximum atomic E-state index is 5.86. The van der Waals surface area contributed by atoms with E-state index in [1.165, 1.54) is 0 Å². The van der Waals surface area contributed by atoms with Crippen LogP contribution < -0.4 is 21.5 Å². The van der Waals surface area contributed by atoms with E-state index in [9.17, 15) is 0 Å². The molecule has 3 aromatic rings. The number of benzene rings is 1. The molecule has 2 aromatic heterocycles. The number of fused-ring (bicyclic) bond motifs is 1. The molecule has 8 nitrogen and oxygen atoms in total. The summed E-state index contributed by atoms with van der Waals surface area (Å²) in [4.78, 5) is 8.71. The van der Waals surface area contributed by atoms with Crippen molar-refractivity contribution < 1.29 is 9.47 Å². The molecule has 0 unspecified atom stereocenters. The monoisotopic (exact) mass is 370 g/mol. The Morgan fingerprint density at radius 1 is 1.22 bits per heavy atom. The molecule has 8 heteroatoms. The Hall–Kier alpha value is -2.84. The molecule has 0 amide bonds. The van der Waals surface area contributed by atoms with Gasteiger partial charge >= 0.3 is 0 Å². The van der Waals surface area contributed by atoms with Crippen LogP contribution in [0.2, 0.25) is 0 Å². The maximum Gasteiger partial charge on any atom is 0.222 e. The number of hydrogen-bond acceptors (Lipinski definition) is 7. The Balaban J connectivity index is 1.93. The lowest BCUT2D eigenvalue weighted by atomic mass is 10.1. The van der Waals surface area contributed by atoms with Crippen LogP contribution in [0.1, 0.15) is 18.1 Å². The van der Waals surface area contributed by atoms with Gasteiger partial charge in [0.1, 0.15) is 11.3 Å². The smallest absolute Gasteiger partial charge is 0.222 e. The lowest BCUT2D eigenvalue weighted by molar-refractivity contribution is 0.158. The summed E-state index contributed by atoms with van der Waals surface area (Å²) in [6.45, 7) is 4.97. The zero-order valence-corrected chi connectivity index (χ0v) is 15.7. The number of nitrogen functional groups attached to an aromatic ring is 1. The van der Waals surface area contributed by atoms with Gasteiger partial charge in [-0.15, -0.1) is 0 Å². The van der Waals surface area contributed by atoms with Crippen molar-refractivity contribution in [1.29, 1.82) is 0 Å². The number of nitrogens with two attached hydrogens (primary N) is 2. The van der Waals surface area contributed by atoms with Crippen LogP contribution in [0.15, 0.2) is 30.5 Å². The quantitative estimate of drug-likeness (QED) is 0.494. The molecule has 2 heterocycles. The van der Waals surface area contributed by atoms with E-state index in [4.69, 9.17) is 20.9 Å². The minimum atomic E-state index is 0.240. The van der Waals surface area contributed by atoms with E-state index in [1.54, 1.807) is 7.11 Å². The van der Waals surface area contributed by atoms with Gasteiger partial charge in [0.2, 0.25) is 5.95 Å². The topological polar surface area (TPSA) is 113 Å². The van der Waals surface area contributed by atoms with Crippen molar-refractivity contribution in [2.24, 2.45) is 5.73 Å². The third-order valence-electron chi connectivity index (χ3n) is 4.30. The molecule has 27 heavy (non-hydrogen) atoms. The van der Waals surface area contributed by atoms with Gasteiger partial charge in [-0.25, -0.2) is 4.98 Å². The van der Waals surface area contributed by atoms with Crippen LogP contribution in [0, 0.1) is 0 Å². The van der Waals surface area contributed by atoms with E-state index in [2.05, 4.69) is 19.9 Å². The highest BCUT2D eigenvalue weighted by Gasteiger charge is 2.13. The highest BCUT2D eigenvalue weighted by molar-refractivity contribution is 5.87. The van der Waals surface area contributed by atoms with Gasteiger partial charge in [0.05, 0.1) is 25.8 Å². The van der Waals surface area contributed by atoms with Crippen LogP contribution in [0.3, 0.4) is 0 Å². The molecule has 0 fully saturated rings. The standard InChI is InChI=1S/C19H26N6O2/c1-3-27-9-7-22-18-17-15(23-19(21)24-18)6-8-25(17)12-14-5-4-13(11-20)10-16(14)26-2/h4-6,8,10H,3,7,9,11-12,20H2,1-2H3,(H3,21,22,23,24). The minimum absolute atomic E-state index is 0.240. The second kappa shape index (κ2) is 8.70. The summed E-state index contributed by atoms with van der Waals surface area (Å²) >= 11 is 0. The number of ether oxygens (including phenoxy) is 2. The van der Waals surface area contributed by atoms with Crippen LogP contribution in [0.5, 0.6) is 5.75 Å². The Kier molecular flexibility index (Phi) is 6.10. The SMILES string of the molecule is CCOCCNc1nc(N)nc2ccn(Cc3ccc(CN)cc3OC)c12. The fourth-order valence-electron chi connectivity index (χ4n) is 3.00. The number of anilines is 2. The number of methoxy groups -OCH3 is 1. The van der Waals surface area contributed by atoms with E-state index in [0.29, 0.717) is 38.7 Å². The fourth-order valence-corrected chi connectivity index (χ4v) is 3.00. The average Bonchev–Trinajstić information content (AvgIpc) is 3.08. The molecule has 0 spiro atoms. The first kappa shape index (κ1) is 18.9. The summed E-state index contributed by atoms with van der Waals surface area (Å²) in [6, 6.07) is 7.95. The lowest BCUT2D eigenvalue weighted by Crippen LogP contribution is -2.13. The minimum Gasteiger partial charge on any atom is -0.496 e. The van der Waals surface area contributed by atoms with Crippen molar-refractivity contribution in [2.45, 2.75) is 20.0 Å². The molecule has 0 aliphatic heterocycles. The van der Waals surface area contributed by atoms with Gasteiger partial charge in [0.25, 0.3) is 0 Å². The third-order valence-corrected chi connectivity index (χ3v) is 4.30. The molecule has 0 saturated carbocycles. The molecule has 3 rings (SSSR count). The number of nitrogens with one attached hydrogen (secondary N) is 1. The second-order valence-electron chi connectivity index (χ2n) is 6.08. The molecule has 0 radical (unpaired) electrons. The molecule has 0 atom stereocenters. The molecule has 0 saturated heterocycles. The van der Waals surface area contributed by atoms with Gasteiger partial charge in [-0.2, -0.15) is 4.98 Å². The normalized spacial score (nSPS) is 11.1. The van der Waals surface area contributed by atoms with E-state index in [1.807, 2.05) is 37.4 Å². The number of nitrogens with zero attached hydrogens (tertiary/aromatic N) is 3. The van der Waals surface area contributed by atoms with Crippen LogP contribution in [-0.4, -0.2) is 41.4 Å². The van der Waals surface area contributed by atoms with Gasteiger partial charge in [0, 0.05) is 31.5 Å². The molecule has 0 aliphatic carbocycles. The third kappa shape index (κ3) is 4.29. The molecule has 5 N–H and O–H groups in total. The molecular formula is C19H26N6O2. The number of aromatic nitrogens is 3. The van der Waals surface area contributed by atoms with E-state index in [0.717, 1.165) is 27.9 Å². The zero-order chi connectivity index (χ0) is 19.2. The first-order chi connectivity index (χ1) is 13.2. The van der Waals surface area contributed by atoms with Crippen molar-refractivity contribution in [1.82, 2.24) is 14.5 Å². The van der Waals surface area contributed by atoms with Crippen molar-refractivity contribution in [3.63, 3.8) is 0 Å². The molecule has 0 aliphatic rings. The first-order valence-electron chi connectivity index (χ1n) is 8.96. The predicted octanol–water partition coefficient (Wildman–Crippen LogP) is 1.98. The highest BCUT2D eigenvalue weighted by atomic mass is 16.5. The Morgan fingerprint density at radius 2 is 2.07 bits per heavy atom. The van der Waals surface area contributed by atoms with Gasteiger partial charge in [-0.05, 0) is 24.6 Å². The van der Waals surface area contributed by atoms with Gasteiger partial charge in [-0.3, -0.25) is 0 Å². The Labute approximate surface area is 158 Å². The summed E-state index contributed by atoms with van der Waals surface area (Å²) in [5.74, 6) is 1.74. The molecule has 144 valence electrons. The van der Waals surface area contributed by atoms with E-state index in [-0.39, 0.29) is 5.95 Å². The Bertz CT molecular complexity index is 909. The lowest BCUT2D eigenvalue weighted by Gasteiger charge is -2.14. The largest absolute Gasteiger partial charge is 0.496 e. The van der Waals surface area contributed by atoms with Crippen LogP contribution >= 0.6 is 0 Å². The summed E-state index contributed by atoms with van der Waals surface area (Å²) < 4.78 is 13.0. The van der Waals surface area contributed by atoms with Gasteiger partial charge < -0.3 is 30.8 Å². The fraction of sp³-hybridized carbons (Fsp3) is 0.368. The van der Waals surface area contributed by atoms with E-state index < -0.39 is 0 Å². The van der Waals surface area contributed by atoms with Crippen LogP contribution in [-0.2, 0) is 17.8 Å². The van der Waals surface area contributed by atoms with Crippen molar-refractivity contribution >= 4 is 22.8 Å². The molecule has 1 aromatic carbocycles. The molecular weight excluding hydrogens is 344 g/mol. The number of hydrogen-bond donors (Lipinski definition) is 3. The van der Waals surface area contributed by atoms with Crippen LogP contribution in [0.4, 0.5) is 11.8 Å². The summed E-state index contributed by atoms with van der Waals surface area (Å²) in [7, 11) is 1.66. The summed E-state index contributed by atoms with van der Waals surface area (Å²) in [5, 5.41) is 3.30. The summed E-state index contributed by atoms with van der Waals surface area (Å²) in [6.07, 6.45) is 1.97. The van der Waals surface area contributed by atoms with Gasteiger partial charge in [0.15, 0.2) is 5.82 Å². The van der Waals surface area contributed by atoms with Crippen molar-refractivity contribution in [3.8, 4) is 5.75 Å². The number of rotatable bonds is 9. The maximum absolute atomic E-state index is 5.86. The molecule has 0 bridgehead atoms. The predicted molar refractivity (Wildman–Crippen MR) is 107 cm³/mol. The summed E-state index contributed by atoms with van der Waals surface area (Å²) in [5.41, 5.74) is 15.3. The van der Waals surface area contributed by atoms with E-state index >= 15 is 0 Å². The van der Waals surface area contributed by atoms with Crippen LogP contribution in [0.25, 0.3) is 11.0 Å². The average molecular weight is 370 g/mol. The first-order valence-corrected chi connectivity index (χ1v) is 8.96. The van der Waals surface area contributed by atoms with Crippen molar-refractivity contribution in [2.75, 3.05) is 37.9 Å². The second-order valence-corrected chi connectivity index (χ2v) is 6.08. The van der Waals surface area contributed by atoms with Gasteiger partial charge in [-0.1, -0.05) is 12.1 Å². The Morgan fingerprint density at radius 3 is 2.81 bits per heavy atom. The highest BCUT2D eigenvalue weighted by Crippen LogP contribution is 2.26.